The fourth-order valence-electron chi connectivity index (χ4n) is 3.62. The molecule has 2 fully saturated rings. The second kappa shape index (κ2) is 8.04. The molecule has 0 heterocycles. The molecule has 2 aliphatic rings. The van der Waals surface area contributed by atoms with E-state index in [4.69, 9.17) is 0 Å². The molecule has 2 aliphatic carbocycles. The molecule has 4 rings (SSSR count). The maximum Gasteiger partial charge on any atom is 0.131 e. The summed E-state index contributed by atoms with van der Waals surface area (Å²) in [5.41, 5.74) is 2.89. The van der Waals surface area contributed by atoms with Crippen molar-refractivity contribution < 1.29 is 17.1 Å². The molecule has 0 unspecified atom stereocenters. The van der Waals surface area contributed by atoms with Gasteiger partial charge in [0.15, 0.2) is 0 Å². The van der Waals surface area contributed by atoms with E-state index in [1.54, 1.807) is 0 Å². The second-order valence-corrected chi connectivity index (χ2v) is 9.64. The van der Waals surface area contributed by atoms with Crippen molar-refractivity contribution in [3.63, 3.8) is 0 Å². The normalized spacial score (nSPS) is 19.3. The van der Waals surface area contributed by atoms with Gasteiger partial charge < -0.3 is 0 Å². The Balaban J connectivity index is 0.00000169. The Kier molecular flexibility index (Phi) is 6.02. The zero-order valence-electron chi connectivity index (χ0n) is 13.2. The molecule has 10 radical (unpaired) electrons. The molecule has 0 bridgehead atoms. The van der Waals surface area contributed by atoms with Crippen molar-refractivity contribution in [3.05, 3.63) is 123 Å². The van der Waals surface area contributed by atoms with Crippen LogP contribution in [0.2, 0.25) is 0 Å². The Hall–Kier alpha value is -0.824. The van der Waals surface area contributed by atoms with Gasteiger partial charge in [-0.1, -0.05) is 71.0 Å². The molecule has 118 valence electrons. The summed E-state index contributed by atoms with van der Waals surface area (Å²) in [6.45, 7) is 0. The molecule has 2 saturated carbocycles. The van der Waals surface area contributed by atoms with Gasteiger partial charge in [0.25, 0.3) is 0 Å². The summed E-state index contributed by atoms with van der Waals surface area (Å²) in [4.78, 5) is 0. The fraction of sp³-hybridized carbons (Fsp3) is 0. The molecule has 0 spiro atoms. The van der Waals surface area contributed by atoms with E-state index in [9.17, 15) is 0 Å². The van der Waals surface area contributed by atoms with Crippen LogP contribution in [0.5, 0.6) is 0 Å². The van der Waals surface area contributed by atoms with Crippen LogP contribution < -0.4 is 10.4 Å². The third kappa shape index (κ3) is 3.05. The predicted octanol–water partition coefficient (Wildman–Crippen LogP) is 3.14. The third-order valence-electron chi connectivity index (χ3n) is 4.60. The van der Waals surface area contributed by atoms with Crippen molar-refractivity contribution in [2.45, 2.75) is 0 Å². The molecule has 0 saturated heterocycles. The zero-order valence-corrected chi connectivity index (χ0v) is 15.4. The van der Waals surface area contributed by atoms with E-state index in [1.807, 2.05) is 0 Å². The van der Waals surface area contributed by atoms with Crippen LogP contribution in [0.25, 0.3) is 0 Å². The molecule has 0 atom stereocenters. The van der Waals surface area contributed by atoms with E-state index in [2.05, 4.69) is 112 Å². The summed E-state index contributed by atoms with van der Waals surface area (Å²) in [6, 6.07) is 22.0. The number of hydrogen-bond donors (Lipinski definition) is 0. The van der Waals surface area contributed by atoms with Crippen LogP contribution in [0.4, 0.5) is 0 Å². The molecular weight excluding hydrogens is 348 g/mol. The van der Waals surface area contributed by atoms with E-state index in [0.29, 0.717) is 0 Å². The SMILES string of the molecule is [CH]1[CH][CH][C]([Si]([C]2[CH][CH][CH][CH]2)(c2ccccc2)c2ccccc2)[CH]1.[Fe]. The average molecular weight is 366 g/mol. The Morgan fingerprint density at radius 2 is 0.792 bits per heavy atom. The quantitative estimate of drug-likeness (QED) is 0.730. The standard InChI is InChI=1S/C22H18Si.Fe/c1-3-11-19(12-4-1)23(21-15-7-8-16-21,22-17-9-10-18-22)20-13-5-2-6-14-20;/h1-18H;. The summed E-state index contributed by atoms with van der Waals surface area (Å²) in [6.07, 6.45) is 17.8. The monoisotopic (exact) mass is 366 g/mol. The van der Waals surface area contributed by atoms with Crippen LogP contribution in [-0.4, -0.2) is 8.07 Å². The van der Waals surface area contributed by atoms with Crippen molar-refractivity contribution in [1.82, 2.24) is 0 Å². The van der Waals surface area contributed by atoms with Gasteiger partial charge in [0.2, 0.25) is 0 Å². The molecule has 24 heavy (non-hydrogen) atoms. The smallest absolute Gasteiger partial charge is 0.0625 e. The summed E-state index contributed by atoms with van der Waals surface area (Å²) in [5, 5.41) is 2.87. The van der Waals surface area contributed by atoms with Crippen LogP contribution in [0.3, 0.4) is 0 Å². The van der Waals surface area contributed by atoms with E-state index >= 15 is 0 Å². The first-order chi connectivity index (χ1) is 11.4. The van der Waals surface area contributed by atoms with Gasteiger partial charge in [-0.15, -0.1) is 0 Å². The van der Waals surface area contributed by atoms with Gasteiger partial charge in [0, 0.05) is 17.1 Å². The number of hydrogen-bond acceptors (Lipinski definition) is 0. The maximum atomic E-state index is 2.29. The van der Waals surface area contributed by atoms with Gasteiger partial charge in [0.1, 0.15) is 8.07 Å². The van der Waals surface area contributed by atoms with E-state index < -0.39 is 8.07 Å². The summed E-state index contributed by atoms with van der Waals surface area (Å²) < 4.78 is 0. The minimum atomic E-state index is -2.20. The maximum absolute atomic E-state index is 2.29. The van der Waals surface area contributed by atoms with Gasteiger partial charge in [-0.2, -0.15) is 0 Å². The van der Waals surface area contributed by atoms with Crippen molar-refractivity contribution in [3.8, 4) is 0 Å². The Morgan fingerprint density at radius 3 is 1.12 bits per heavy atom. The second-order valence-electron chi connectivity index (χ2n) is 5.83. The molecule has 0 aromatic heterocycles. The van der Waals surface area contributed by atoms with Gasteiger partial charge in [0.05, 0.1) is 0 Å². The number of rotatable bonds is 4. The Morgan fingerprint density at radius 1 is 0.458 bits per heavy atom. The van der Waals surface area contributed by atoms with Gasteiger partial charge in [-0.25, -0.2) is 0 Å². The van der Waals surface area contributed by atoms with Crippen molar-refractivity contribution in [2.24, 2.45) is 0 Å². The third-order valence-corrected chi connectivity index (χ3v) is 9.40. The first kappa shape index (κ1) is 18.0. The van der Waals surface area contributed by atoms with E-state index in [1.165, 1.54) is 21.5 Å². The van der Waals surface area contributed by atoms with Crippen molar-refractivity contribution >= 4 is 18.4 Å². The molecule has 2 heteroatoms. The van der Waals surface area contributed by atoms with Gasteiger partial charge in [-0.05, 0) is 62.4 Å². The average Bonchev–Trinajstić information content (AvgIpc) is 3.32. The number of benzene rings is 2. The molecule has 0 aliphatic heterocycles. The minimum absolute atomic E-state index is 0. The van der Waals surface area contributed by atoms with E-state index in [-0.39, 0.29) is 17.1 Å². The Labute approximate surface area is 158 Å². The van der Waals surface area contributed by atoms with Crippen LogP contribution in [0, 0.1) is 62.4 Å². The summed E-state index contributed by atoms with van der Waals surface area (Å²) >= 11 is 0. The summed E-state index contributed by atoms with van der Waals surface area (Å²) in [5.74, 6) is 0. The van der Waals surface area contributed by atoms with E-state index in [0.717, 1.165) is 0 Å². The van der Waals surface area contributed by atoms with Crippen LogP contribution in [0.1, 0.15) is 0 Å². The molecular formula is C22H18FeSi. The zero-order chi connectivity index (χ0) is 15.5. The molecule has 2 aromatic rings. The Bertz CT molecular complexity index is 555. The molecule has 2 aromatic carbocycles. The topological polar surface area (TPSA) is 0 Å². The molecule has 0 nitrogen and oxygen atoms in total. The molecule has 0 N–H and O–H groups in total. The van der Waals surface area contributed by atoms with Gasteiger partial charge in [-0.3, -0.25) is 0 Å². The predicted molar refractivity (Wildman–Crippen MR) is 98.8 cm³/mol. The first-order valence-electron chi connectivity index (χ1n) is 7.98. The molecule has 0 amide bonds. The first-order valence-corrected chi connectivity index (χ1v) is 9.98. The van der Waals surface area contributed by atoms with Crippen LogP contribution in [-0.2, 0) is 17.1 Å². The largest absolute Gasteiger partial charge is 0.131 e. The van der Waals surface area contributed by atoms with Crippen molar-refractivity contribution in [2.75, 3.05) is 0 Å². The summed E-state index contributed by atoms with van der Waals surface area (Å²) in [7, 11) is -2.20. The van der Waals surface area contributed by atoms with Crippen LogP contribution >= 0.6 is 0 Å². The van der Waals surface area contributed by atoms with Crippen molar-refractivity contribution in [1.29, 1.82) is 0 Å². The fourth-order valence-corrected chi connectivity index (χ4v) is 8.39. The van der Waals surface area contributed by atoms with Crippen LogP contribution in [0.15, 0.2) is 60.7 Å². The van der Waals surface area contributed by atoms with Gasteiger partial charge >= 0.3 is 0 Å². The minimum Gasteiger partial charge on any atom is -0.0625 e.